The van der Waals surface area contributed by atoms with Crippen molar-refractivity contribution in [1.82, 2.24) is 4.72 Å². The van der Waals surface area contributed by atoms with Crippen LogP contribution in [-0.2, 0) is 10.0 Å². The topological polar surface area (TPSA) is 70.0 Å². The van der Waals surface area contributed by atoms with Crippen LogP contribution >= 0.6 is 11.8 Å². The minimum atomic E-state index is -3.47. The summed E-state index contributed by atoms with van der Waals surface area (Å²) in [7, 11) is -3.47. The quantitative estimate of drug-likeness (QED) is 0.745. The average Bonchev–Trinajstić information content (AvgIpc) is 2.04. The first-order chi connectivity index (χ1) is 6.47. The number of rotatable bonds is 6. The summed E-state index contributed by atoms with van der Waals surface area (Å²) in [4.78, 5) is 0. The second-order valence-electron chi connectivity index (χ2n) is 3.05. The third-order valence-corrected chi connectivity index (χ3v) is 4.42. The van der Waals surface area contributed by atoms with Crippen molar-refractivity contribution in [2.75, 3.05) is 12.0 Å². The molecule has 0 amide bonds. The predicted molar refractivity (Wildman–Crippen MR) is 59.6 cm³/mol. The fraction of sp³-hybridized carbons (Fsp3) is 0.875. The Hall–Kier alpha value is -0.250. The van der Waals surface area contributed by atoms with E-state index in [0.29, 0.717) is 12.2 Å². The molecule has 14 heavy (non-hydrogen) atoms. The number of hydrogen-bond acceptors (Lipinski definition) is 4. The molecular formula is C8H16N2O2S2. The van der Waals surface area contributed by atoms with Gasteiger partial charge in [0.25, 0.3) is 0 Å². The van der Waals surface area contributed by atoms with Gasteiger partial charge in [-0.15, -0.1) is 0 Å². The summed E-state index contributed by atoms with van der Waals surface area (Å²) in [5, 5.41) is 7.69. The van der Waals surface area contributed by atoms with Gasteiger partial charge in [0.05, 0.1) is 6.07 Å². The highest BCUT2D eigenvalue weighted by Crippen LogP contribution is 2.05. The molecule has 0 bridgehead atoms. The zero-order chi connectivity index (χ0) is 11.2. The summed E-state index contributed by atoms with van der Waals surface area (Å²) in [6.45, 7) is 3.48. The van der Waals surface area contributed by atoms with Gasteiger partial charge in [0.15, 0.2) is 5.25 Å². The molecule has 1 N–H and O–H groups in total. The molecule has 4 nitrogen and oxygen atoms in total. The van der Waals surface area contributed by atoms with Crippen LogP contribution in [0.3, 0.4) is 0 Å². The van der Waals surface area contributed by atoms with Crippen molar-refractivity contribution in [1.29, 1.82) is 5.26 Å². The second kappa shape index (κ2) is 6.27. The highest BCUT2D eigenvalue weighted by Gasteiger charge is 2.24. The zero-order valence-electron chi connectivity index (χ0n) is 8.65. The molecule has 0 rings (SSSR count). The van der Waals surface area contributed by atoms with E-state index in [-0.39, 0.29) is 6.04 Å². The van der Waals surface area contributed by atoms with Gasteiger partial charge in [0, 0.05) is 11.8 Å². The number of hydrogen-bond donors (Lipinski definition) is 1. The van der Waals surface area contributed by atoms with Gasteiger partial charge in [0.1, 0.15) is 0 Å². The van der Waals surface area contributed by atoms with Crippen molar-refractivity contribution < 1.29 is 8.42 Å². The Morgan fingerprint density at radius 1 is 1.57 bits per heavy atom. The van der Waals surface area contributed by atoms with E-state index in [2.05, 4.69) is 4.72 Å². The Kier molecular flexibility index (Phi) is 6.16. The van der Waals surface area contributed by atoms with Crippen LogP contribution in [0.1, 0.15) is 20.3 Å². The first kappa shape index (κ1) is 13.8. The van der Waals surface area contributed by atoms with Crippen LogP contribution in [-0.4, -0.2) is 31.7 Å². The summed E-state index contributed by atoms with van der Waals surface area (Å²) in [6, 6.07) is 1.65. The normalized spacial score (nSPS) is 15.9. The SMILES string of the molecule is CCC(C#N)S(=O)(=O)NC(C)CSC. The highest BCUT2D eigenvalue weighted by molar-refractivity contribution is 7.98. The maximum absolute atomic E-state index is 11.5. The van der Waals surface area contributed by atoms with E-state index in [4.69, 9.17) is 5.26 Å². The lowest BCUT2D eigenvalue weighted by molar-refractivity contribution is 0.562. The van der Waals surface area contributed by atoms with E-state index in [1.54, 1.807) is 31.7 Å². The van der Waals surface area contributed by atoms with Crippen LogP contribution in [0.5, 0.6) is 0 Å². The third-order valence-electron chi connectivity index (χ3n) is 1.67. The Labute approximate surface area is 90.1 Å². The lowest BCUT2D eigenvalue weighted by Crippen LogP contribution is -2.40. The molecule has 0 aliphatic carbocycles. The summed E-state index contributed by atoms with van der Waals surface area (Å²) in [5.74, 6) is 0.709. The fourth-order valence-electron chi connectivity index (χ4n) is 1.03. The smallest absolute Gasteiger partial charge is 0.211 e. The van der Waals surface area contributed by atoms with Crippen molar-refractivity contribution >= 4 is 21.8 Å². The summed E-state index contributed by atoms with van der Waals surface area (Å²) < 4.78 is 25.6. The van der Waals surface area contributed by atoms with E-state index in [1.807, 2.05) is 6.26 Å². The number of nitrogens with one attached hydrogen (secondary N) is 1. The Morgan fingerprint density at radius 3 is 2.50 bits per heavy atom. The molecule has 0 radical (unpaired) electrons. The van der Waals surface area contributed by atoms with Crippen LogP contribution in [0, 0.1) is 11.3 Å². The van der Waals surface area contributed by atoms with Gasteiger partial charge >= 0.3 is 0 Å². The third kappa shape index (κ3) is 4.31. The van der Waals surface area contributed by atoms with Crippen molar-refractivity contribution in [3.05, 3.63) is 0 Å². The highest BCUT2D eigenvalue weighted by atomic mass is 32.2. The molecule has 82 valence electrons. The molecule has 2 unspecified atom stereocenters. The molecular weight excluding hydrogens is 220 g/mol. The monoisotopic (exact) mass is 236 g/mol. The Bertz CT molecular complexity index is 295. The summed E-state index contributed by atoms with van der Waals surface area (Å²) in [5.41, 5.74) is 0. The Balaban J connectivity index is 4.42. The molecule has 6 heteroatoms. The van der Waals surface area contributed by atoms with E-state index in [0.717, 1.165) is 0 Å². The maximum Gasteiger partial charge on any atom is 0.228 e. The van der Waals surface area contributed by atoms with Crippen LogP contribution in [0.2, 0.25) is 0 Å². The average molecular weight is 236 g/mol. The van der Waals surface area contributed by atoms with Gasteiger partial charge in [-0.1, -0.05) is 6.92 Å². The number of nitrogens with zero attached hydrogens (tertiary/aromatic N) is 1. The Morgan fingerprint density at radius 2 is 2.14 bits per heavy atom. The first-order valence-corrected chi connectivity index (χ1v) is 7.31. The molecule has 0 aromatic carbocycles. The van der Waals surface area contributed by atoms with Crippen LogP contribution < -0.4 is 4.72 Å². The molecule has 0 aliphatic heterocycles. The van der Waals surface area contributed by atoms with Gasteiger partial charge in [0.2, 0.25) is 10.0 Å². The van der Waals surface area contributed by atoms with Gasteiger partial charge < -0.3 is 0 Å². The minimum Gasteiger partial charge on any atom is -0.211 e. The molecule has 0 fully saturated rings. The van der Waals surface area contributed by atoms with Gasteiger partial charge in [-0.3, -0.25) is 0 Å². The standard InChI is InChI=1S/C8H16N2O2S2/c1-4-8(5-9)14(11,12)10-7(2)6-13-3/h7-8,10H,4,6H2,1-3H3. The largest absolute Gasteiger partial charge is 0.228 e. The number of nitriles is 1. The molecule has 0 heterocycles. The van der Waals surface area contributed by atoms with Gasteiger partial charge in [-0.2, -0.15) is 17.0 Å². The molecule has 0 saturated heterocycles. The van der Waals surface area contributed by atoms with Crippen molar-refractivity contribution in [2.45, 2.75) is 31.6 Å². The van der Waals surface area contributed by atoms with Gasteiger partial charge in [-0.25, -0.2) is 13.1 Å². The predicted octanol–water partition coefficient (Wildman–Crippen LogP) is 0.959. The summed E-state index contributed by atoms with van der Waals surface area (Å²) >= 11 is 1.57. The lowest BCUT2D eigenvalue weighted by Gasteiger charge is -2.15. The fourth-order valence-corrected chi connectivity index (χ4v) is 3.10. The molecule has 0 aromatic rings. The minimum absolute atomic E-state index is 0.127. The van der Waals surface area contributed by atoms with E-state index in [9.17, 15) is 8.42 Å². The first-order valence-electron chi connectivity index (χ1n) is 4.37. The zero-order valence-corrected chi connectivity index (χ0v) is 10.3. The lowest BCUT2D eigenvalue weighted by atomic mass is 10.4. The van der Waals surface area contributed by atoms with E-state index in [1.165, 1.54) is 0 Å². The van der Waals surface area contributed by atoms with Crippen molar-refractivity contribution in [2.24, 2.45) is 0 Å². The molecule has 2 atom stereocenters. The summed E-state index contributed by atoms with van der Waals surface area (Å²) in [6.07, 6.45) is 2.23. The van der Waals surface area contributed by atoms with Crippen molar-refractivity contribution in [3.8, 4) is 6.07 Å². The molecule has 0 aliphatic rings. The van der Waals surface area contributed by atoms with Crippen LogP contribution in [0.4, 0.5) is 0 Å². The molecule has 0 saturated carbocycles. The maximum atomic E-state index is 11.5. The van der Waals surface area contributed by atoms with E-state index >= 15 is 0 Å². The van der Waals surface area contributed by atoms with Crippen LogP contribution in [0.25, 0.3) is 0 Å². The van der Waals surface area contributed by atoms with Crippen molar-refractivity contribution in [3.63, 3.8) is 0 Å². The molecule has 0 spiro atoms. The van der Waals surface area contributed by atoms with Crippen LogP contribution in [0.15, 0.2) is 0 Å². The van der Waals surface area contributed by atoms with Gasteiger partial charge in [-0.05, 0) is 19.6 Å². The van der Waals surface area contributed by atoms with E-state index < -0.39 is 15.3 Å². The number of thioether (sulfide) groups is 1. The number of sulfonamides is 1. The molecule has 0 aromatic heterocycles. The second-order valence-corrected chi connectivity index (χ2v) is 5.85.